The average Bonchev–Trinajstić information content (AvgIpc) is 2.17. The smallest absolute Gasteiger partial charge is 0.194 e. The quantitative estimate of drug-likeness (QED) is 0.560. The largest absolute Gasteiger partial charge is 0.354 e. The van der Waals surface area contributed by atoms with Gasteiger partial charge in [0, 0.05) is 25.2 Å². The van der Waals surface area contributed by atoms with Gasteiger partial charge < -0.3 is 10.2 Å². The van der Waals surface area contributed by atoms with Gasteiger partial charge in [0.1, 0.15) is 0 Å². The molecule has 1 aliphatic heterocycles. The molecule has 0 aliphatic carbocycles. The normalized spacial score (nSPS) is 18.8. The lowest BCUT2D eigenvalue weighted by Gasteiger charge is -2.31. The molecule has 15 heavy (non-hydrogen) atoms. The van der Waals surface area contributed by atoms with E-state index in [2.05, 4.69) is 42.9 Å². The van der Waals surface area contributed by atoms with Crippen LogP contribution in [0.1, 0.15) is 47.0 Å². The van der Waals surface area contributed by atoms with E-state index in [4.69, 9.17) is 0 Å². The number of nitrogens with one attached hydrogen (secondary N) is 1. The van der Waals surface area contributed by atoms with Gasteiger partial charge in [-0.2, -0.15) is 0 Å². The van der Waals surface area contributed by atoms with Gasteiger partial charge >= 0.3 is 0 Å². The highest BCUT2D eigenvalue weighted by Crippen LogP contribution is 2.09. The highest BCUT2D eigenvalue weighted by atomic mass is 15.3. The molecule has 0 aromatic heterocycles. The minimum Gasteiger partial charge on any atom is -0.354 e. The lowest BCUT2D eigenvalue weighted by Crippen LogP contribution is -2.46. The molecular formula is C12H25N3. The van der Waals surface area contributed by atoms with Crippen LogP contribution >= 0.6 is 0 Å². The molecule has 0 amide bonds. The van der Waals surface area contributed by atoms with Crippen molar-refractivity contribution in [2.45, 2.75) is 59.0 Å². The third kappa shape index (κ3) is 4.54. The summed E-state index contributed by atoms with van der Waals surface area (Å²) >= 11 is 0. The monoisotopic (exact) mass is 211 g/mol. The van der Waals surface area contributed by atoms with Gasteiger partial charge in [0.15, 0.2) is 5.96 Å². The van der Waals surface area contributed by atoms with Crippen LogP contribution in [0.5, 0.6) is 0 Å². The molecule has 0 unspecified atom stereocenters. The topological polar surface area (TPSA) is 27.6 Å². The second-order valence-corrected chi connectivity index (χ2v) is 4.89. The molecule has 3 nitrogen and oxygen atoms in total. The van der Waals surface area contributed by atoms with E-state index in [1.807, 2.05) is 0 Å². The van der Waals surface area contributed by atoms with E-state index < -0.39 is 0 Å². The summed E-state index contributed by atoms with van der Waals surface area (Å²) in [5.74, 6) is 1.10. The van der Waals surface area contributed by atoms with Crippen molar-refractivity contribution in [2.75, 3.05) is 13.1 Å². The molecule has 1 aliphatic rings. The van der Waals surface area contributed by atoms with E-state index in [0.717, 1.165) is 19.0 Å². The molecule has 0 saturated carbocycles. The Labute approximate surface area is 94.0 Å². The number of hydrogen-bond donors (Lipinski definition) is 1. The van der Waals surface area contributed by atoms with Crippen LogP contribution in [-0.2, 0) is 0 Å². The van der Waals surface area contributed by atoms with Crippen LogP contribution < -0.4 is 5.32 Å². The zero-order chi connectivity index (χ0) is 11.3. The maximum atomic E-state index is 4.67. The van der Waals surface area contributed by atoms with Gasteiger partial charge in [-0.3, -0.25) is 4.99 Å². The van der Waals surface area contributed by atoms with Crippen LogP contribution in [0.4, 0.5) is 0 Å². The van der Waals surface area contributed by atoms with E-state index in [0.29, 0.717) is 12.1 Å². The summed E-state index contributed by atoms with van der Waals surface area (Å²) in [5.41, 5.74) is 0. The summed E-state index contributed by atoms with van der Waals surface area (Å²) in [6, 6.07) is 0.831. The Balaban J connectivity index is 2.61. The zero-order valence-corrected chi connectivity index (χ0v) is 10.6. The Bertz CT molecular complexity index is 203. The molecule has 1 rings (SSSR count). The van der Waals surface area contributed by atoms with Crippen LogP contribution in [0.25, 0.3) is 0 Å². The third-order valence-electron chi connectivity index (χ3n) is 2.45. The van der Waals surface area contributed by atoms with E-state index in [1.165, 1.54) is 19.3 Å². The lowest BCUT2D eigenvalue weighted by molar-refractivity contribution is 0.327. The summed E-state index contributed by atoms with van der Waals surface area (Å²) in [6.45, 7) is 10.9. The fraction of sp³-hybridized carbons (Fsp3) is 0.917. The number of hydrogen-bond acceptors (Lipinski definition) is 1. The second-order valence-electron chi connectivity index (χ2n) is 4.89. The van der Waals surface area contributed by atoms with E-state index in [-0.39, 0.29) is 0 Å². The van der Waals surface area contributed by atoms with Crippen molar-refractivity contribution >= 4 is 5.96 Å². The lowest BCUT2D eigenvalue weighted by atomic mass is 10.1. The van der Waals surface area contributed by atoms with Crippen molar-refractivity contribution in [3.8, 4) is 0 Å². The van der Waals surface area contributed by atoms with Crippen LogP contribution in [0, 0.1) is 0 Å². The number of rotatable bonds is 2. The fourth-order valence-corrected chi connectivity index (χ4v) is 1.82. The van der Waals surface area contributed by atoms with Crippen molar-refractivity contribution in [3.63, 3.8) is 0 Å². The zero-order valence-electron chi connectivity index (χ0n) is 10.6. The Morgan fingerprint density at radius 3 is 2.13 bits per heavy atom. The molecule has 0 aromatic rings. The first kappa shape index (κ1) is 12.3. The van der Waals surface area contributed by atoms with Crippen LogP contribution in [0.2, 0.25) is 0 Å². The molecule has 0 atom stereocenters. The maximum Gasteiger partial charge on any atom is 0.194 e. The highest BCUT2D eigenvalue weighted by molar-refractivity contribution is 5.80. The highest BCUT2D eigenvalue weighted by Gasteiger charge is 2.15. The van der Waals surface area contributed by atoms with Crippen LogP contribution in [0.15, 0.2) is 4.99 Å². The molecule has 1 N–H and O–H groups in total. The number of aliphatic imine (C=N–C) groups is 1. The van der Waals surface area contributed by atoms with Gasteiger partial charge in [-0.05, 0) is 47.0 Å². The van der Waals surface area contributed by atoms with Crippen molar-refractivity contribution < 1.29 is 0 Å². The van der Waals surface area contributed by atoms with Crippen molar-refractivity contribution in [3.05, 3.63) is 0 Å². The van der Waals surface area contributed by atoms with Crippen molar-refractivity contribution in [1.82, 2.24) is 10.2 Å². The molecule has 1 fully saturated rings. The molecule has 0 bridgehead atoms. The number of likely N-dealkylation sites (tertiary alicyclic amines) is 1. The minimum atomic E-state index is 0.369. The Morgan fingerprint density at radius 1 is 1.07 bits per heavy atom. The SMILES string of the molecule is CC(C)N=C(NC(C)C)N1CCCCC1. The first-order valence-corrected chi connectivity index (χ1v) is 6.19. The van der Waals surface area contributed by atoms with Gasteiger partial charge in [0.25, 0.3) is 0 Å². The summed E-state index contributed by atoms with van der Waals surface area (Å²) in [4.78, 5) is 7.06. The number of piperidine rings is 1. The van der Waals surface area contributed by atoms with Crippen molar-refractivity contribution in [2.24, 2.45) is 4.99 Å². The van der Waals surface area contributed by atoms with Crippen molar-refractivity contribution in [1.29, 1.82) is 0 Å². The van der Waals surface area contributed by atoms with Gasteiger partial charge in [-0.25, -0.2) is 0 Å². The minimum absolute atomic E-state index is 0.369. The number of guanidine groups is 1. The predicted octanol–water partition coefficient (Wildman–Crippen LogP) is 2.23. The molecule has 3 heteroatoms. The van der Waals surface area contributed by atoms with E-state index in [1.54, 1.807) is 0 Å². The van der Waals surface area contributed by atoms with Gasteiger partial charge in [-0.1, -0.05) is 0 Å². The molecule has 1 saturated heterocycles. The Morgan fingerprint density at radius 2 is 1.67 bits per heavy atom. The molecular weight excluding hydrogens is 186 g/mol. The summed E-state index contributed by atoms with van der Waals surface area (Å²) in [6.07, 6.45) is 3.97. The van der Waals surface area contributed by atoms with Gasteiger partial charge in [0.05, 0.1) is 0 Å². The first-order chi connectivity index (χ1) is 7.09. The Kier molecular flexibility index (Phi) is 4.92. The summed E-state index contributed by atoms with van der Waals surface area (Å²) in [7, 11) is 0. The van der Waals surface area contributed by atoms with Gasteiger partial charge in [0.2, 0.25) is 0 Å². The molecule has 1 heterocycles. The summed E-state index contributed by atoms with van der Waals surface area (Å²) in [5, 5.41) is 3.46. The third-order valence-corrected chi connectivity index (χ3v) is 2.45. The van der Waals surface area contributed by atoms with E-state index >= 15 is 0 Å². The first-order valence-electron chi connectivity index (χ1n) is 6.19. The predicted molar refractivity (Wildman–Crippen MR) is 66.3 cm³/mol. The fourth-order valence-electron chi connectivity index (χ4n) is 1.82. The molecule has 0 radical (unpaired) electrons. The maximum absolute atomic E-state index is 4.67. The second kappa shape index (κ2) is 5.99. The number of nitrogens with zero attached hydrogens (tertiary/aromatic N) is 2. The average molecular weight is 211 g/mol. The molecule has 88 valence electrons. The summed E-state index contributed by atoms with van der Waals surface area (Å²) < 4.78 is 0. The molecule has 0 aromatic carbocycles. The molecule has 0 spiro atoms. The van der Waals surface area contributed by atoms with Crippen LogP contribution in [0.3, 0.4) is 0 Å². The van der Waals surface area contributed by atoms with E-state index in [9.17, 15) is 0 Å². The van der Waals surface area contributed by atoms with Crippen LogP contribution in [-0.4, -0.2) is 36.0 Å². The Hall–Kier alpha value is -0.730. The standard InChI is InChI=1S/C12H25N3/c1-10(2)13-12(14-11(3)4)15-8-6-5-7-9-15/h10-11H,5-9H2,1-4H3,(H,13,14). The van der Waals surface area contributed by atoms with Gasteiger partial charge in [-0.15, -0.1) is 0 Å².